The minimum Gasteiger partial charge on any atom is -0.171 e. The fourth-order valence-electron chi connectivity index (χ4n) is 1.58. The molecule has 0 aliphatic heterocycles. The molecule has 0 radical (unpaired) electrons. The molecule has 0 saturated heterocycles. The fourth-order valence-corrected chi connectivity index (χ4v) is 2.13. The summed E-state index contributed by atoms with van der Waals surface area (Å²) in [5.74, 6) is 0. The van der Waals surface area contributed by atoms with Crippen molar-refractivity contribution >= 4 is 23.2 Å². The van der Waals surface area contributed by atoms with E-state index in [0.717, 1.165) is 22.9 Å². The third-order valence-electron chi connectivity index (χ3n) is 2.53. The van der Waals surface area contributed by atoms with Gasteiger partial charge in [0.2, 0.25) is 12.4 Å². The lowest BCUT2D eigenvalue weighted by Crippen LogP contribution is -2.21. The first-order valence-electron chi connectivity index (χ1n) is 4.65. The molecular weight excluding hydrogens is 236 g/mol. The highest BCUT2D eigenvalue weighted by molar-refractivity contribution is 6.99. The zero-order valence-corrected chi connectivity index (χ0v) is 9.91. The van der Waals surface area contributed by atoms with E-state index in [1.165, 1.54) is 0 Å². The van der Waals surface area contributed by atoms with Crippen LogP contribution in [0.25, 0.3) is 0 Å². The van der Waals surface area contributed by atoms with E-state index in [1.54, 1.807) is 12.4 Å². The van der Waals surface area contributed by atoms with Crippen LogP contribution in [-0.4, -0.2) is 20.2 Å². The lowest BCUT2D eigenvalue weighted by atomic mass is 9.91. The first-order valence-corrected chi connectivity index (χ1v) is 5.38. The molecular formula is C10H6N6S. The van der Waals surface area contributed by atoms with Gasteiger partial charge in [-0.2, -0.15) is 29.3 Å². The molecule has 0 fully saturated rings. The van der Waals surface area contributed by atoms with Gasteiger partial charge < -0.3 is 0 Å². The molecule has 0 aromatic carbocycles. The molecule has 0 spiro atoms. The van der Waals surface area contributed by atoms with Gasteiger partial charge >= 0.3 is 0 Å². The van der Waals surface area contributed by atoms with Crippen molar-refractivity contribution in [3.05, 3.63) is 22.5 Å². The molecule has 6 nitrogen and oxygen atoms in total. The van der Waals surface area contributed by atoms with Crippen LogP contribution in [0.5, 0.6) is 0 Å². The number of nitrogens with zero attached hydrogens (tertiary/aromatic N) is 6. The second-order valence-electron chi connectivity index (χ2n) is 3.33. The maximum absolute atomic E-state index is 8.67. The number of nitriles is 2. The molecule has 1 heterocycles. The minimum atomic E-state index is 0.505. The van der Waals surface area contributed by atoms with Crippen molar-refractivity contribution in [3.63, 3.8) is 0 Å². The van der Waals surface area contributed by atoms with Crippen molar-refractivity contribution in [1.29, 1.82) is 10.5 Å². The molecule has 0 saturated carbocycles. The third-order valence-corrected chi connectivity index (χ3v) is 3.06. The average molecular weight is 242 g/mol. The zero-order valence-electron chi connectivity index (χ0n) is 9.09. The Hall–Kier alpha value is -2.38. The lowest BCUT2D eigenvalue weighted by Gasteiger charge is -2.15. The number of fused-ring (bicyclic) bond motifs is 1. The number of hydrogen-bond donors (Lipinski definition) is 0. The molecule has 1 aliphatic carbocycles. The van der Waals surface area contributed by atoms with E-state index in [-0.39, 0.29) is 0 Å². The van der Waals surface area contributed by atoms with Crippen LogP contribution in [0.2, 0.25) is 0 Å². The molecule has 1 aliphatic rings. The number of aromatic nitrogens is 2. The largest absolute Gasteiger partial charge is 0.206 e. The molecule has 0 N–H and O–H groups in total. The minimum absolute atomic E-state index is 0.505. The third kappa shape index (κ3) is 1.63. The highest BCUT2D eigenvalue weighted by Crippen LogP contribution is 2.25. The van der Waals surface area contributed by atoms with Gasteiger partial charge in [0.1, 0.15) is 22.8 Å². The molecule has 1 aromatic heterocycles. The zero-order chi connectivity index (χ0) is 12.4. The molecule has 0 bridgehead atoms. The van der Waals surface area contributed by atoms with Crippen molar-refractivity contribution in [2.45, 2.75) is 13.8 Å². The van der Waals surface area contributed by atoms with Crippen LogP contribution in [0.1, 0.15) is 25.2 Å². The van der Waals surface area contributed by atoms with Gasteiger partial charge in [0.15, 0.2) is 0 Å². The quantitative estimate of drug-likeness (QED) is 0.642. The van der Waals surface area contributed by atoms with Crippen LogP contribution in [-0.2, 0) is 0 Å². The highest BCUT2D eigenvalue weighted by Gasteiger charge is 2.28. The van der Waals surface area contributed by atoms with E-state index in [0.29, 0.717) is 22.8 Å². The maximum Gasteiger partial charge on any atom is 0.206 e. The molecule has 0 unspecified atom stereocenters. The summed E-state index contributed by atoms with van der Waals surface area (Å²) in [6.07, 6.45) is 3.50. The summed E-state index contributed by atoms with van der Waals surface area (Å²) in [6, 6.07) is 0. The van der Waals surface area contributed by atoms with E-state index >= 15 is 0 Å². The van der Waals surface area contributed by atoms with Gasteiger partial charge in [0, 0.05) is 0 Å². The maximum atomic E-state index is 8.67. The summed E-state index contributed by atoms with van der Waals surface area (Å²) >= 11 is 1.01. The number of rotatable bonds is 0. The van der Waals surface area contributed by atoms with Crippen LogP contribution < -0.4 is 0 Å². The smallest absolute Gasteiger partial charge is 0.171 e. The van der Waals surface area contributed by atoms with Gasteiger partial charge in [-0.15, -0.1) is 0 Å². The van der Waals surface area contributed by atoms with Gasteiger partial charge in [0.05, 0.1) is 11.7 Å². The summed E-state index contributed by atoms with van der Waals surface area (Å²) in [5, 5.41) is 17.3. The summed E-state index contributed by atoms with van der Waals surface area (Å²) in [4.78, 5) is 7.51. The van der Waals surface area contributed by atoms with E-state index in [9.17, 15) is 0 Å². The molecule has 0 amide bonds. The normalized spacial score (nSPS) is 19.1. The highest BCUT2D eigenvalue weighted by atomic mass is 32.1. The number of hydrogen-bond acceptors (Lipinski definition) is 7. The van der Waals surface area contributed by atoms with Crippen LogP contribution >= 0.6 is 11.7 Å². The first-order chi connectivity index (χ1) is 8.20. The molecule has 17 heavy (non-hydrogen) atoms. The van der Waals surface area contributed by atoms with Crippen LogP contribution in [0.15, 0.2) is 21.1 Å². The summed E-state index contributed by atoms with van der Waals surface area (Å²) in [6.45, 7) is 3.64. The van der Waals surface area contributed by atoms with Gasteiger partial charge in [-0.1, -0.05) is 0 Å². The number of allylic oxidation sites excluding steroid dienone is 2. The monoisotopic (exact) mass is 242 g/mol. The van der Waals surface area contributed by atoms with Crippen molar-refractivity contribution in [1.82, 2.24) is 8.75 Å². The Balaban J connectivity index is 2.77. The van der Waals surface area contributed by atoms with E-state index in [4.69, 9.17) is 10.5 Å². The van der Waals surface area contributed by atoms with E-state index in [2.05, 4.69) is 18.7 Å². The van der Waals surface area contributed by atoms with Crippen molar-refractivity contribution in [2.24, 2.45) is 9.98 Å². The van der Waals surface area contributed by atoms with Crippen LogP contribution in [0, 0.1) is 22.9 Å². The Morgan fingerprint density at radius 3 is 1.71 bits per heavy atom. The van der Waals surface area contributed by atoms with E-state index in [1.807, 2.05) is 13.8 Å². The Bertz CT molecular complexity index is 595. The van der Waals surface area contributed by atoms with Gasteiger partial charge in [-0.05, 0) is 25.0 Å². The van der Waals surface area contributed by atoms with Crippen LogP contribution in [0.4, 0.5) is 0 Å². The summed E-state index contributed by atoms with van der Waals surface area (Å²) < 4.78 is 8.20. The summed E-state index contributed by atoms with van der Waals surface area (Å²) in [7, 11) is 0. The van der Waals surface area contributed by atoms with Crippen molar-refractivity contribution < 1.29 is 0 Å². The molecule has 82 valence electrons. The molecule has 7 heteroatoms. The Kier molecular flexibility index (Phi) is 2.77. The predicted octanol–water partition coefficient (Wildman–Crippen LogP) is 1.43. The van der Waals surface area contributed by atoms with Gasteiger partial charge in [-0.25, -0.2) is 0 Å². The van der Waals surface area contributed by atoms with E-state index < -0.39 is 0 Å². The van der Waals surface area contributed by atoms with Crippen molar-refractivity contribution in [2.75, 3.05) is 0 Å². The van der Waals surface area contributed by atoms with Gasteiger partial charge in [0.25, 0.3) is 0 Å². The van der Waals surface area contributed by atoms with Gasteiger partial charge in [-0.3, -0.25) is 0 Å². The molecule has 1 aromatic rings. The number of aliphatic imine (C=N–C) groups is 2. The second-order valence-corrected chi connectivity index (χ2v) is 3.86. The standard InChI is InChI=1S/C10H6N6S/c1-5-6(2)8(14-4-12)10-9(15-17-16-10)7(5)13-3-11/h1-2H3. The topological polar surface area (TPSA) is 98.1 Å². The lowest BCUT2D eigenvalue weighted by molar-refractivity contribution is 1.29. The Morgan fingerprint density at radius 2 is 1.35 bits per heavy atom. The average Bonchev–Trinajstić information content (AvgIpc) is 2.79. The van der Waals surface area contributed by atoms with Crippen LogP contribution in [0.3, 0.4) is 0 Å². The Labute approximate surface area is 102 Å². The SMILES string of the molecule is CC1=C(C)C(=NC#N)c2nsnc2C1=NC#N. The summed E-state index contributed by atoms with van der Waals surface area (Å²) in [5.41, 5.74) is 3.64. The fraction of sp³-hybridized carbons (Fsp3) is 0.200. The first kappa shape index (κ1) is 11.1. The van der Waals surface area contributed by atoms with Crippen molar-refractivity contribution in [3.8, 4) is 12.4 Å². The molecule has 2 rings (SSSR count). The second kappa shape index (κ2) is 4.24. The molecule has 0 atom stereocenters. The predicted molar refractivity (Wildman–Crippen MR) is 62.6 cm³/mol. The Morgan fingerprint density at radius 1 is 0.941 bits per heavy atom.